The normalized spacial score (nSPS) is 14.4. The number of thioether (sulfide) groups is 1. The summed E-state index contributed by atoms with van der Waals surface area (Å²) in [5.41, 5.74) is 1.36. The van der Waals surface area contributed by atoms with Crippen LogP contribution in [0, 0.1) is 0 Å². The fraction of sp³-hybridized carbons (Fsp3) is 0.389. The Morgan fingerprint density at radius 3 is 2.79 bits per heavy atom. The maximum Gasteiger partial charge on any atom is 0.251 e. The van der Waals surface area contributed by atoms with Crippen LogP contribution >= 0.6 is 11.8 Å². The van der Waals surface area contributed by atoms with Crippen LogP contribution in [0.1, 0.15) is 10.4 Å². The van der Waals surface area contributed by atoms with E-state index in [1.807, 2.05) is 10.9 Å². The molecule has 1 aliphatic heterocycles. The summed E-state index contributed by atoms with van der Waals surface area (Å²) < 4.78 is 7.26. The van der Waals surface area contributed by atoms with Crippen LogP contribution in [0.2, 0.25) is 0 Å². The number of anilines is 1. The Morgan fingerprint density at radius 2 is 2.04 bits per heavy atom. The molecule has 1 fully saturated rings. The van der Waals surface area contributed by atoms with Crippen LogP contribution in [0.25, 0.3) is 11.0 Å². The number of amides is 1. The Labute approximate surface area is 166 Å². The molecule has 0 radical (unpaired) electrons. The van der Waals surface area contributed by atoms with E-state index in [2.05, 4.69) is 25.3 Å². The molecule has 0 spiro atoms. The molecular weight excluding hydrogens is 378 g/mol. The van der Waals surface area contributed by atoms with Gasteiger partial charge >= 0.3 is 0 Å². The number of ether oxygens (including phenoxy) is 1. The topological polar surface area (TPSA) is 98.1 Å². The number of nitrogens with one attached hydrogen (secondary N) is 1. The van der Waals surface area contributed by atoms with Gasteiger partial charge in [0.15, 0.2) is 10.8 Å². The summed E-state index contributed by atoms with van der Waals surface area (Å²) >= 11 is 1.50. The third-order valence-electron chi connectivity index (χ3n) is 4.50. The smallest absolute Gasteiger partial charge is 0.251 e. The van der Waals surface area contributed by atoms with Gasteiger partial charge in [0, 0.05) is 37.6 Å². The monoisotopic (exact) mass is 399 g/mol. The molecule has 1 saturated heterocycles. The molecule has 10 heteroatoms. The average Bonchev–Trinajstić information content (AvgIpc) is 3.17. The number of fused-ring (bicyclic) bond motifs is 1. The highest BCUT2D eigenvalue weighted by molar-refractivity contribution is 7.98. The number of carbonyl (C=O) groups is 1. The van der Waals surface area contributed by atoms with E-state index in [0.29, 0.717) is 37.0 Å². The summed E-state index contributed by atoms with van der Waals surface area (Å²) in [5.74, 6) is 0.761. The van der Waals surface area contributed by atoms with Crippen molar-refractivity contribution in [3.05, 3.63) is 36.3 Å². The molecule has 1 N–H and O–H groups in total. The average molecular weight is 399 g/mol. The highest BCUT2D eigenvalue weighted by Crippen LogP contribution is 2.27. The van der Waals surface area contributed by atoms with Crippen LogP contribution in [0.15, 0.2) is 35.9 Å². The van der Waals surface area contributed by atoms with Gasteiger partial charge in [-0.1, -0.05) is 11.8 Å². The van der Waals surface area contributed by atoms with Crippen molar-refractivity contribution < 1.29 is 9.53 Å². The van der Waals surface area contributed by atoms with Crippen LogP contribution in [0.4, 0.5) is 5.82 Å². The number of rotatable bonds is 6. The lowest BCUT2D eigenvalue weighted by atomic mass is 10.2. The molecule has 3 aromatic rings. The van der Waals surface area contributed by atoms with Crippen molar-refractivity contribution in [1.82, 2.24) is 30.0 Å². The lowest BCUT2D eigenvalue weighted by Crippen LogP contribution is -2.37. The van der Waals surface area contributed by atoms with Gasteiger partial charge in [0.25, 0.3) is 5.91 Å². The highest BCUT2D eigenvalue weighted by atomic mass is 32.2. The van der Waals surface area contributed by atoms with Crippen molar-refractivity contribution in [1.29, 1.82) is 0 Å². The number of carbonyl (C=O) groups excluding carboxylic acids is 1. The number of nitrogens with zero attached hydrogens (tertiary/aromatic N) is 6. The first-order chi connectivity index (χ1) is 13.8. The van der Waals surface area contributed by atoms with E-state index in [1.54, 1.807) is 30.7 Å². The van der Waals surface area contributed by atoms with Gasteiger partial charge in [0.2, 0.25) is 0 Å². The molecule has 0 saturated carbocycles. The predicted octanol–water partition coefficient (Wildman–Crippen LogP) is 1.21. The Balaban J connectivity index is 1.52. The van der Waals surface area contributed by atoms with Gasteiger partial charge in [-0.2, -0.15) is 5.10 Å². The molecule has 1 aliphatic rings. The third-order valence-corrected chi connectivity index (χ3v) is 5.05. The summed E-state index contributed by atoms with van der Waals surface area (Å²) in [5, 5.41) is 9.01. The fourth-order valence-electron chi connectivity index (χ4n) is 3.07. The molecular formula is C18H21N7O2S. The highest BCUT2D eigenvalue weighted by Gasteiger charge is 2.20. The summed E-state index contributed by atoms with van der Waals surface area (Å²) in [6, 6.07) is 3.37. The van der Waals surface area contributed by atoms with Gasteiger partial charge in [-0.3, -0.25) is 9.78 Å². The van der Waals surface area contributed by atoms with Crippen LogP contribution < -0.4 is 10.2 Å². The van der Waals surface area contributed by atoms with E-state index in [0.717, 1.165) is 29.9 Å². The Hall–Kier alpha value is -2.72. The van der Waals surface area contributed by atoms with Crippen LogP contribution in [0.3, 0.4) is 0 Å². The van der Waals surface area contributed by atoms with Gasteiger partial charge in [0.05, 0.1) is 31.3 Å². The quantitative estimate of drug-likeness (QED) is 0.488. The van der Waals surface area contributed by atoms with Crippen molar-refractivity contribution in [3.63, 3.8) is 0 Å². The van der Waals surface area contributed by atoms with Gasteiger partial charge in [-0.05, 0) is 18.4 Å². The summed E-state index contributed by atoms with van der Waals surface area (Å²) in [4.78, 5) is 27.7. The van der Waals surface area contributed by atoms with Crippen LogP contribution in [-0.4, -0.2) is 69.7 Å². The first kappa shape index (κ1) is 18.6. The van der Waals surface area contributed by atoms with Crippen molar-refractivity contribution >= 4 is 34.5 Å². The Kier molecular flexibility index (Phi) is 5.68. The lowest BCUT2D eigenvalue weighted by molar-refractivity contribution is 0.0952. The summed E-state index contributed by atoms with van der Waals surface area (Å²) in [6.07, 6.45) is 6.96. The van der Waals surface area contributed by atoms with Gasteiger partial charge < -0.3 is 15.0 Å². The molecule has 28 heavy (non-hydrogen) atoms. The van der Waals surface area contributed by atoms with E-state index in [4.69, 9.17) is 9.72 Å². The zero-order chi connectivity index (χ0) is 19.3. The zero-order valence-corrected chi connectivity index (χ0v) is 16.4. The second-order valence-electron chi connectivity index (χ2n) is 6.23. The molecule has 3 aromatic heterocycles. The molecule has 0 unspecified atom stereocenters. The van der Waals surface area contributed by atoms with E-state index in [1.165, 1.54) is 11.8 Å². The second-order valence-corrected chi connectivity index (χ2v) is 7.00. The number of hydrogen-bond donors (Lipinski definition) is 1. The molecule has 0 aromatic carbocycles. The van der Waals surface area contributed by atoms with E-state index in [-0.39, 0.29) is 5.91 Å². The molecule has 0 aliphatic carbocycles. The molecule has 146 valence electrons. The number of aromatic nitrogens is 5. The Bertz CT molecular complexity index is 957. The lowest BCUT2D eigenvalue weighted by Gasteiger charge is -2.28. The second kappa shape index (κ2) is 8.53. The minimum Gasteiger partial charge on any atom is -0.378 e. The number of hydrogen-bond acceptors (Lipinski definition) is 8. The summed E-state index contributed by atoms with van der Waals surface area (Å²) in [7, 11) is 0. The SMILES string of the molecule is CSc1nc(N2CCOCC2)c2cnn(CCNC(=O)c3ccncc3)c2n1. The summed E-state index contributed by atoms with van der Waals surface area (Å²) in [6.45, 7) is 3.95. The van der Waals surface area contributed by atoms with Crippen molar-refractivity contribution in [2.45, 2.75) is 11.7 Å². The molecule has 0 atom stereocenters. The standard InChI is InChI=1S/C18H21N7O2S/c1-28-18-22-15(24-8-10-27-11-9-24)14-12-21-25(16(14)23-18)7-6-20-17(26)13-2-4-19-5-3-13/h2-5,12H,6-11H2,1H3,(H,20,26). The molecule has 9 nitrogen and oxygen atoms in total. The minimum atomic E-state index is -0.132. The fourth-order valence-corrected chi connectivity index (χ4v) is 3.43. The van der Waals surface area contributed by atoms with E-state index in [9.17, 15) is 4.79 Å². The third kappa shape index (κ3) is 3.92. The van der Waals surface area contributed by atoms with E-state index >= 15 is 0 Å². The maximum atomic E-state index is 12.2. The van der Waals surface area contributed by atoms with Crippen molar-refractivity contribution in [3.8, 4) is 0 Å². The van der Waals surface area contributed by atoms with Crippen molar-refractivity contribution in [2.24, 2.45) is 0 Å². The number of pyridine rings is 1. The van der Waals surface area contributed by atoms with E-state index < -0.39 is 0 Å². The van der Waals surface area contributed by atoms with Crippen LogP contribution in [-0.2, 0) is 11.3 Å². The molecule has 0 bridgehead atoms. The predicted molar refractivity (Wildman–Crippen MR) is 107 cm³/mol. The minimum absolute atomic E-state index is 0.132. The van der Waals surface area contributed by atoms with Crippen molar-refractivity contribution in [2.75, 3.05) is 44.0 Å². The molecule has 4 heterocycles. The number of morpholine rings is 1. The van der Waals surface area contributed by atoms with Gasteiger partial charge in [-0.25, -0.2) is 14.6 Å². The molecule has 1 amide bonds. The zero-order valence-electron chi connectivity index (χ0n) is 15.5. The maximum absolute atomic E-state index is 12.2. The first-order valence-electron chi connectivity index (χ1n) is 9.05. The van der Waals surface area contributed by atoms with Crippen LogP contribution in [0.5, 0.6) is 0 Å². The first-order valence-corrected chi connectivity index (χ1v) is 10.3. The van der Waals surface area contributed by atoms with Gasteiger partial charge in [-0.15, -0.1) is 0 Å². The largest absolute Gasteiger partial charge is 0.378 e. The van der Waals surface area contributed by atoms with Gasteiger partial charge in [0.1, 0.15) is 5.82 Å². The molecule has 4 rings (SSSR count). The Morgan fingerprint density at radius 1 is 1.25 bits per heavy atom.